The topological polar surface area (TPSA) is 48.9 Å². The second kappa shape index (κ2) is 8.63. The summed E-state index contributed by atoms with van der Waals surface area (Å²) >= 11 is 0. The molecular formula is C19H31FN4O. The number of guanidine groups is 1. The number of halogens is 1. The van der Waals surface area contributed by atoms with Crippen molar-refractivity contribution < 1.29 is 9.13 Å². The Bertz CT molecular complexity index is 568. The summed E-state index contributed by atoms with van der Waals surface area (Å²) in [6.07, 6.45) is -0.00865. The Morgan fingerprint density at radius 3 is 2.52 bits per heavy atom. The van der Waals surface area contributed by atoms with Gasteiger partial charge in [0.25, 0.3) is 0 Å². The molecule has 0 aromatic heterocycles. The van der Waals surface area contributed by atoms with Crippen LogP contribution in [0.3, 0.4) is 0 Å². The first-order chi connectivity index (χ1) is 11.8. The van der Waals surface area contributed by atoms with Crippen LogP contribution in [-0.2, 0) is 4.74 Å². The van der Waals surface area contributed by atoms with Crippen LogP contribution in [0.2, 0.25) is 0 Å². The predicted molar refractivity (Wildman–Crippen MR) is 100 cm³/mol. The Balaban J connectivity index is 1.95. The summed E-state index contributed by atoms with van der Waals surface area (Å²) in [5.74, 6) is 0.645. The molecule has 6 heteroatoms. The summed E-state index contributed by atoms with van der Waals surface area (Å²) in [5, 5.41) is 6.87. The first-order valence-corrected chi connectivity index (χ1v) is 8.90. The molecule has 1 aliphatic heterocycles. The summed E-state index contributed by atoms with van der Waals surface area (Å²) in [6.45, 7) is 11.7. The molecule has 25 heavy (non-hydrogen) atoms. The number of nitrogens with zero attached hydrogens (tertiary/aromatic N) is 2. The Kier molecular flexibility index (Phi) is 6.79. The summed E-state index contributed by atoms with van der Waals surface area (Å²) in [6, 6.07) is 6.54. The molecule has 1 aliphatic rings. The van der Waals surface area contributed by atoms with Crippen molar-refractivity contribution in [1.29, 1.82) is 0 Å². The van der Waals surface area contributed by atoms with Crippen molar-refractivity contribution in [2.75, 3.05) is 33.2 Å². The number of morpholine rings is 1. The molecule has 5 nitrogen and oxygen atoms in total. The van der Waals surface area contributed by atoms with Crippen molar-refractivity contribution in [2.24, 2.45) is 4.99 Å². The number of benzene rings is 1. The van der Waals surface area contributed by atoms with Crippen molar-refractivity contribution in [1.82, 2.24) is 15.5 Å². The minimum Gasteiger partial charge on any atom is -0.367 e. The summed E-state index contributed by atoms with van der Waals surface area (Å²) in [4.78, 5) is 6.62. The highest BCUT2D eigenvalue weighted by Gasteiger charge is 2.28. The van der Waals surface area contributed by atoms with Crippen LogP contribution < -0.4 is 10.6 Å². The number of rotatable bonds is 4. The van der Waals surface area contributed by atoms with Gasteiger partial charge in [-0.25, -0.2) is 4.39 Å². The van der Waals surface area contributed by atoms with Crippen molar-refractivity contribution >= 4 is 5.96 Å². The largest absolute Gasteiger partial charge is 0.367 e. The molecular weight excluding hydrogens is 319 g/mol. The van der Waals surface area contributed by atoms with Crippen molar-refractivity contribution in [3.63, 3.8) is 0 Å². The molecule has 1 aromatic carbocycles. The first-order valence-electron chi connectivity index (χ1n) is 8.90. The van der Waals surface area contributed by atoms with Gasteiger partial charge >= 0.3 is 0 Å². The number of aliphatic imine (C=N–C) groups is 1. The molecule has 1 fully saturated rings. The van der Waals surface area contributed by atoms with Gasteiger partial charge in [0.05, 0.1) is 12.6 Å². The minimum atomic E-state index is -0.228. The molecule has 140 valence electrons. The van der Waals surface area contributed by atoms with Crippen LogP contribution in [0.5, 0.6) is 0 Å². The van der Waals surface area contributed by atoms with Crippen LogP contribution in [0.1, 0.15) is 39.4 Å². The van der Waals surface area contributed by atoms with E-state index in [1.54, 1.807) is 19.2 Å². The fourth-order valence-corrected chi connectivity index (χ4v) is 2.93. The highest BCUT2D eigenvalue weighted by atomic mass is 19.1. The van der Waals surface area contributed by atoms with Gasteiger partial charge in [-0.05, 0) is 45.4 Å². The second-order valence-corrected chi connectivity index (χ2v) is 7.54. The zero-order chi connectivity index (χ0) is 18.4. The van der Waals surface area contributed by atoms with Crippen LogP contribution in [0.15, 0.2) is 29.3 Å². The van der Waals surface area contributed by atoms with E-state index in [0.29, 0.717) is 6.54 Å². The average molecular weight is 350 g/mol. The molecule has 1 heterocycles. The third kappa shape index (κ3) is 6.29. The number of ether oxygens (including phenoxy) is 1. The highest BCUT2D eigenvalue weighted by molar-refractivity contribution is 5.80. The van der Waals surface area contributed by atoms with Crippen LogP contribution in [0, 0.1) is 5.82 Å². The number of hydrogen-bond donors (Lipinski definition) is 2. The molecule has 2 rings (SSSR count). The highest BCUT2D eigenvalue weighted by Crippen LogP contribution is 2.25. The smallest absolute Gasteiger partial charge is 0.193 e. The van der Waals surface area contributed by atoms with Crippen molar-refractivity contribution in [3.8, 4) is 0 Å². The lowest BCUT2D eigenvalue weighted by molar-refractivity contribution is -0.0604. The lowest BCUT2D eigenvalue weighted by Crippen LogP contribution is -2.52. The van der Waals surface area contributed by atoms with Gasteiger partial charge in [-0.15, -0.1) is 0 Å². The molecule has 0 aliphatic carbocycles. The average Bonchev–Trinajstić information content (AvgIpc) is 2.54. The van der Waals surface area contributed by atoms with Crippen LogP contribution >= 0.6 is 0 Å². The summed E-state index contributed by atoms with van der Waals surface area (Å²) in [5.41, 5.74) is 1.09. The van der Waals surface area contributed by atoms with Gasteiger partial charge in [-0.2, -0.15) is 0 Å². The predicted octanol–water partition coefficient (Wildman–Crippen LogP) is 2.55. The molecule has 0 amide bonds. The van der Waals surface area contributed by atoms with Gasteiger partial charge in [-0.3, -0.25) is 4.99 Å². The van der Waals surface area contributed by atoms with Crippen molar-refractivity contribution in [2.45, 2.75) is 45.4 Å². The molecule has 0 bridgehead atoms. The molecule has 0 saturated carbocycles. The molecule has 1 saturated heterocycles. The zero-order valence-corrected chi connectivity index (χ0v) is 16.0. The van der Waals surface area contributed by atoms with E-state index in [1.165, 1.54) is 12.1 Å². The van der Waals surface area contributed by atoms with E-state index in [9.17, 15) is 4.39 Å². The van der Waals surface area contributed by atoms with Gasteiger partial charge in [0.15, 0.2) is 5.96 Å². The summed E-state index contributed by atoms with van der Waals surface area (Å²) < 4.78 is 19.2. The van der Waals surface area contributed by atoms with Gasteiger partial charge in [0.2, 0.25) is 0 Å². The maximum absolute atomic E-state index is 13.2. The quantitative estimate of drug-likeness (QED) is 0.498. The first kappa shape index (κ1) is 19.7. The van der Waals surface area contributed by atoms with E-state index in [2.05, 4.69) is 48.2 Å². The lowest BCUT2D eigenvalue weighted by Gasteiger charge is -2.38. The Labute approximate surface area is 150 Å². The van der Waals surface area contributed by atoms with Crippen molar-refractivity contribution in [3.05, 3.63) is 35.6 Å². The van der Waals surface area contributed by atoms with E-state index >= 15 is 0 Å². The third-order valence-electron chi connectivity index (χ3n) is 4.08. The normalized spacial score (nSPS) is 22.2. The summed E-state index contributed by atoms with van der Waals surface area (Å²) in [7, 11) is 1.80. The Morgan fingerprint density at radius 1 is 1.24 bits per heavy atom. The molecule has 2 unspecified atom stereocenters. The van der Waals surface area contributed by atoms with Crippen LogP contribution in [-0.4, -0.2) is 55.7 Å². The Morgan fingerprint density at radius 2 is 1.92 bits per heavy atom. The fourth-order valence-electron chi connectivity index (χ4n) is 2.93. The lowest BCUT2D eigenvalue weighted by atomic mass is 10.1. The number of hydrogen-bond acceptors (Lipinski definition) is 3. The van der Waals surface area contributed by atoms with E-state index in [4.69, 9.17) is 4.74 Å². The minimum absolute atomic E-state index is 0.0788. The molecule has 1 aromatic rings. The van der Waals surface area contributed by atoms with Gasteiger partial charge in [-0.1, -0.05) is 12.1 Å². The maximum atomic E-state index is 13.2. The van der Waals surface area contributed by atoms with E-state index < -0.39 is 0 Å². The Hall–Kier alpha value is -1.66. The van der Waals surface area contributed by atoms with Gasteiger partial charge in [0, 0.05) is 32.2 Å². The number of nitrogens with one attached hydrogen (secondary N) is 2. The molecule has 0 spiro atoms. The maximum Gasteiger partial charge on any atom is 0.193 e. The van der Waals surface area contributed by atoms with E-state index in [1.807, 2.05) is 0 Å². The van der Waals surface area contributed by atoms with Gasteiger partial charge in [0.1, 0.15) is 11.9 Å². The second-order valence-electron chi connectivity index (χ2n) is 7.54. The third-order valence-corrected chi connectivity index (χ3v) is 4.08. The SMILES string of the molecule is CN=C(NCCNC(C)(C)C)N1CC(C)OC(c2ccc(F)cc2)C1. The fraction of sp³-hybridized carbons (Fsp3) is 0.632. The standard InChI is InChI=1S/C19H31FN4O/c1-14-12-24(18(21-5)22-10-11-23-19(2,3)4)13-17(25-14)15-6-8-16(20)9-7-15/h6-9,14,17,23H,10-13H2,1-5H3,(H,21,22). The van der Waals surface area contributed by atoms with Gasteiger partial charge < -0.3 is 20.3 Å². The molecule has 0 radical (unpaired) electrons. The molecule has 2 N–H and O–H groups in total. The molecule has 2 atom stereocenters. The zero-order valence-electron chi connectivity index (χ0n) is 16.0. The van der Waals surface area contributed by atoms with Crippen LogP contribution in [0.25, 0.3) is 0 Å². The van der Waals surface area contributed by atoms with E-state index in [-0.39, 0.29) is 23.6 Å². The van der Waals surface area contributed by atoms with E-state index in [0.717, 1.165) is 31.2 Å². The van der Waals surface area contributed by atoms with Crippen LogP contribution in [0.4, 0.5) is 4.39 Å². The monoisotopic (exact) mass is 350 g/mol.